The minimum Gasteiger partial charge on any atom is -0.436 e. The number of amides is 1. The summed E-state index contributed by atoms with van der Waals surface area (Å²) >= 11 is 17.6. The summed E-state index contributed by atoms with van der Waals surface area (Å²) in [6.07, 6.45) is 1.05. The molecule has 0 aliphatic heterocycles. The zero-order valence-electron chi connectivity index (χ0n) is 18.0. The summed E-state index contributed by atoms with van der Waals surface area (Å²) in [7, 11) is 0. The van der Waals surface area contributed by atoms with Gasteiger partial charge >= 0.3 is 0 Å². The van der Waals surface area contributed by atoms with Crippen LogP contribution in [0.3, 0.4) is 0 Å². The van der Waals surface area contributed by atoms with Crippen molar-refractivity contribution in [1.29, 1.82) is 0 Å². The number of hydrogen-bond acceptors (Lipinski definition) is 4. The highest BCUT2D eigenvalue weighted by Crippen LogP contribution is 2.31. The van der Waals surface area contributed by atoms with Gasteiger partial charge in [-0.25, -0.2) is 4.98 Å². The number of anilines is 1. The number of rotatable bonds is 5. The first kappa shape index (κ1) is 23.2. The van der Waals surface area contributed by atoms with Crippen LogP contribution in [0.5, 0.6) is 0 Å². The molecule has 5 nitrogen and oxygen atoms in total. The molecule has 2 N–H and O–H groups in total. The molecule has 1 aromatic heterocycles. The number of benzene rings is 3. The van der Waals surface area contributed by atoms with Crippen LogP contribution in [-0.4, -0.2) is 16.0 Å². The maximum absolute atomic E-state index is 12.4. The molecule has 4 rings (SSSR count). The number of hydrogen-bond donors (Lipinski definition) is 2. The molecule has 168 valence electrons. The standard InChI is InChI=1S/C25H21Cl2N3O2S/c1-3-14(2)15-8-10-22-21(12-15)28-24(32-22)17-7-9-19(27)20(13-17)29-25(33)30-23(31)16-5-4-6-18(26)11-16/h4-14H,3H2,1-2H3,(H2,29,30,31,33). The zero-order chi connectivity index (χ0) is 23.5. The second kappa shape index (κ2) is 9.91. The summed E-state index contributed by atoms with van der Waals surface area (Å²) in [5, 5.41) is 6.60. The van der Waals surface area contributed by atoms with Gasteiger partial charge in [0.2, 0.25) is 5.89 Å². The fourth-order valence-electron chi connectivity index (χ4n) is 3.32. The van der Waals surface area contributed by atoms with Crippen molar-refractivity contribution in [2.45, 2.75) is 26.2 Å². The lowest BCUT2D eigenvalue weighted by atomic mass is 9.98. The Bertz CT molecular complexity index is 1350. The van der Waals surface area contributed by atoms with Crippen LogP contribution in [0.15, 0.2) is 65.1 Å². The Balaban J connectivity index is 1.54. The molecule has 1 amide bonds. The van der Waals surface area contributed by atoms with E-state index < -0.39 is 0 Å². The predicted molar refractivity (Wildman–Crippen MR) is 138 cm³/mol. The average molecular weight is 498 g/mol. The lowest BCUT2D eigenvalue weighted by molar-refractivity contribution is 0.0977. The van der Waals surface area contributed by atoms with Crippen molar-refractivity contribution in [1.82, 2.24) is 10.3 Å². The third-order valence-corrected chi connectivity index (χ3v) is 6.14. The van der Waals surface area contributed by atoms with Crippen molar-refractivity contribution < 1.29 is 9.21 Å². The molecule has 1 unspecified atom stereocenters. The maximum atomic E-state index is 12.4. The first-order valence-corrected chi connectivity index (χ1v) is 11.6. The molecule has 1 heterocycles. The van der Waals surface area contributed by atoms with Gasteiger partial charge in [0.25, 0.3) is 5.91 Å². The van der Waals surface area contributed by atoms with Crippen molar-refractivity contribution in [3.05, 3.63) is 81.8 Å². The van der Waals surface area contributed by atoms with Gasteiger partial charge in [0.1, 0.15) is 5.52 Å². The average Bonchev–Trinajstić information content (AvgIpc) is 3.23. The Morgan fingerprint density at radius 3 is 2.70 bits per heavy atom. The molecule has 0 saturated carbocycles. The topological polar surface area (TPSA) is 67.2 Å². The normalized spacial score (nSPS) is 11.9. The van der Waals surface area contributed by atoms with Crippen LogP contribution >= 0.6 is 35.4 Å². The number of carbonyl (C=O) groups is 1. The molecule has 4 aromatic rings. The van der Waals surface area contributed by atoms with Gasteiger partial charge in [-0.05, 0) is 78.7 Å². The summed E-state index contributed by atoms with van der Waals surface area (Å²) in [5.41, 5.74) is 4.39. The molecule has 0 aliphatic carbocycles. The van der Waals surface area contributed by atoms with E-state index in [9.17, 15) is 4.79 Å². The number of nitrogens with one attached hydrogen (secondary N) is 2. The van der Waals surface area contributed by atoms with Crippen LogP contribution in [-0.2, 0) is 0 Å². The van der Waals surface area contributed by atoms with Crippen LogP contribution in [0.1, 0.15) is 42.1 Å². The van der Waals surface area contributed by atoms with Gasteiger partial charge in [0.05, 0.1) is 10.7 Å². The molecular weight excluding hydrogens is 477 g/mol. The van der Waals surface area contributed by atoms with Gasteiger partial charge in [-0.15, -0.1) is 0 Å². The minimum absolute atomic E-state index is 0.106. The fraction of sp³-hybridized carbons (Fsp3) is 0.160. The Kier molecular flexibility index (Phi) is 6.98. The quantitative estimate of drug-likeness (QED) is 0.280. The van der Waals surface area contributed by atoms with Crippen LogP contribution < -0.4 is 10.6 Å². The molecule has 1 atom stereocenters. The number of nitrogens with zero attached hydrogens (tertiary/aromatic N) is 1. The highest BCUT2D eigenvalue weighted by molar-refractivity contribution is 7.80. The van der Waals surface area contributed by atoms with Crippen LogP contribution in [0.4, 0.5) is 5.69 Å². The number of halogens is 2. The highest BCUT2D eigenvalue weighted by atomic mass is 35.5. The van der Waals surface area contributed by atoms with Crippen LogP contribution in [0.25, 0.3) is 22.6 Å². The van der Waals surface area contributed by atoms with Crippen molar-refractivity contribution in [2.75, 3.05) is 5.32 Å². The van der Waals surface area contributed by atoms with E-state index in [1.807, 2.05) is 12.1 Å². The zero-order valence-corrected chi connectivity index (χ0v) is 20.3. The first-order valence-electron chi connectivity index (χ1n) is 10.4. The van der Waals surface area contributed by atoms with Gasteiger partial charge in [-0.2, -0.15) is 0 Å². The van der Waals surface area contributed by atoms with Crippen molar-refractivity contribution in [3.8, 4) is 11.5 Å². The lowest BCUT2D eigenvalue weighted by Gasteiger charge is -2.12. The minimum atomic E-state index is -0.377. The molecule has 3 aromatic carbocycles. The van der Waals surface area contributed by atoms with Gasteiger partial charge in [-0.3, -0.25) is 10.1 Å². The van der Waals surface area contributed by atoms with E-state index in [4.69, 9.17) is 39.8 Å². The fourth-order valence-corrected chi connectivity index (χ4v) is 3.88. The second-order valence-corrected chi connectivity index (χ2v) is 8.92. The predicted octanol–water partition coefficient (Wildman–Crippen LogP) is 7.44. The summed E-state index contributed by atoms with van der Waals surface area (Å²) in [5.74, 6) is 0.544. The molecule has 0 spiro atoms. The summed E-state index contributed by atoms with van der Waals surface area (Å²) < 4.78 is 5.96. The SMILES string of the molecule is CCC(C)c1ccc2oc(-c3ccc(Cl)c(NC(=S)NC(=O)c4cccc(Cl)c4)c3)nc2c1. The molecule has 0 aliphatic rings. The second-order valence-electron chi connectivity index (χ2n) is 7.67. The molecule has 0 saturated heterocycles. The number of thiocarbonyl (C=S) groups is 1. The van der Waals surface area contributed by atoms with E-state index >= 15 is 0 Å². The van der Waals surface area contributed by atoms with Crippen molar-refractivity contribution >= 4 is 63.2 Å². The van der Waals surface area contributed by atoms with Crippen LogP contribution in [0.2, 0.25) is 10.0 Å². The van der Waals surface area contributed by atoms with E-state index in [1.54, 1.807) is 36.4 Å². The van der Waals surface area contributed by atoms with Gasteiger partial charge in [0, 0.05) is 16.1 Å². The Morgan fingerprint density at radius 2 is 1.94 bits per heavy atom. The van der Waals surface area contributed by atoms with Crippen molar-refractivity contribution in [2.24, 2.45) is 0 Å². The molecule has 33 heavy (non-hydrogen) atoms. The third kappa shape index (κ3) is 5.36. The van der Waals surface area contributed by atoms with E-state index in [2.05, 4.69) is 41.6 Å². The number of oxazole rings is 1. The monoisotopic (exact) mass is 497 g/mol. The summed E-state index contributed by atoms with van der Waals surface area (Å²) in [4.78, 5) is 17.1. The van der Waals surface area contributed by atoms with E-state index in [0.717, 1.165) is 17.5 Å². The summed E-state index contributed by atoms with van der Waals surface area (Å²) in [6, 6.07) is 18.0. The van der Waals surface area contributed by atoms with E-state index in [0.29, 0.717) is 38.7 Å². The molecule has 0 bridgehead atoms. The molecular formula is C25H21Cl2N3O2S. The highest BCUT2D eigenvalue weighted by Gasteiger charge is 2.14. The third-order valence-electron chi connectivity index (χ3n) is 5.37. The first-order chi connectivity index (χ1) is 15.8. The number of aromatic nitrogens is 1. The Morgan fingerprint density at radius 1 is 1.12 bits per heavy atom. The molecule has 0 fully saturated rings. The number of carbonyl (C=O) groups excluding carboxylic acids is 1. The van der Waals surface area contributed by atoms with Gasteiger partial charge in [0.15, 0.2) is 10.7 Å². The number of fused-ring (bicyclic) bond motifs is 1. The Hall–Kier alpha value is -2.93. The maximum Gasteiger partial charge on any atom is 0.257 e. The molecule has 8 heteroatoms. The van der Waals surface area contributed by atoms with E-state index in [-0.39, 0.29) is 11.0 Å². The smallest absolute Gasteiger partial charge is 0.257 e. The van der Waals surface area contributed by atoms with Crippen LogP contribution in [0, 0.1) is 0 Å². The summed E-state index contributed by atoms with van der Waals surface area (Å²) in [6.45, 7) is 4.35. The van der Waals surface area contributed by atoms with E-state index in [1.165, 1.54) is 5.56 Å². The largest absolute Gasteiger partial charge is 0.436 e. The lowest BCUT2D eigenvalue weighted by Crippen LogP contribution is -2.34. The van der Waals surface area contributed by atoms with Crippen molar-refractivity contribution in [3.63, 3.8) is 0 Å². The molecule has 0 radical (unpaired) electrons. The van der Waals surface area contributed by atoms with Gasteiger partial charge < -0.3 is 9.73 Å². The van der Waals surface area contributed by atoms with Gasteiger partial charge in [-0.1, -0.05) is 49.2 Å². The Labute approximate surface area is 207 Å².